The van der Waals surface area contributed by atoms with Crippen LogP contribution >= 0.6 is 0 Å². The van der Waals surface area contributed by atoms with E-state index in [1.54, 1.807) is 0 Å². The van der Waals surface area contributed by atoms with Gasteiger partial charge in [0, 0.05) is 17.6 Å². The lowest BCUT2D eigenvalue weighted by Crippen LogP contribution is -2.41. The molecule has 1 aromatic carbocycles. The van der Waals surface area contributed by atoms with Crippen molar-refractivity contribution in [2.75, 3.05) is 0 Å². The molecule has 0 saturated heterocycles. The number of nitrogens with one attached hydrogen (secondary N) is 1. The molecule has 3 unspecified atom stereocenters. The summed E-state index contributed by atoms with van der Waals surface area (Å²) in [5.41, 5.74) is 0.733. The minimum absolute atomic E-state index is 0.170. The lowest BCUT2D eigenvalue weighted by atomic mass is 9.70. The maximum atomic E-state index is 13.8. The zero-order chi connectivity index (χ0) is 14.9. The number of benzene rings is 1. The molecule has 0 amide bonds. The molecule has 0 spiro atoms. The summed E-state index contributed by atoms with van der Waals surface area (Å²) in [4.78, 5) is 0. The van der Waals surface area contributed by atoms with Crippen LogP contribution in [0.15, 0.2) is 18.2 Å². The Labute approximate surface area is 120 Å². The lowest BCUT2D eigenvalue weighted by molar-refractivity contribution is 0.145. The monoisotopic (exact) mass is 281 g/mol. The highest BCUT2D eigenvalue weighted by molar-refractivity contribution is 5.22. The fourth-order valence-electron chi connectivity index (χ4n) is 3.76. The van der Waals surface area contributed by atoms with Crippen LogP contribution in [0.4, 0.5) is 8.78 Å². The average Bonchev–Trinajstić information content (AvgIpc) is 2.29. The normalized spacial score (nSPS) is 27.3. The molecule has 3 atom stereocenters. The molecule has 0 radical (unpaired) electrons. The molecule has 0 bridgehead atoms. The minimum atomic E-state index is -0.382. The van der Waals surface area contributed by atoms with E-state index < -0.39 is 0 Å². The van der Waals surface area contributed by atoms with Crippen LogP contribution in [0.5, 0.6) is 0 Å². The van der Waals surface area contributed by atoms with E-state index >= 15 is 0 Å². The van der Waals surface area contributed by atoms with E-state index in [1.165, 1.54) is 18.6 Å². The van der Waals surface area contributed by atoms with Gasteiger partial charge in [-0.15, -0.1) is 0 Å². The molecular weight excluding hydrogens is 256 g/mol. The van der Waals surface area contributed by atoms with Crippen molar-refractivity contribution in [3.8, 4) is 0 Å². The van der Waals surface area contributed by atoms with Crippen LogP contribution in [0.2, 0.25) is 0 Å². The van der Waals surface area contributed by atoms with Gasteiger partial charge in [0.1, 0.15) is 11.6 Å². The number of hydrogen-bond donors (Lipinski definition) is 1. The predicted molar refractivity (Wildman–Crippen MR) is 78.5 cm³/mol. The van der Waals surface area contributed by atoms with Crippen molar-refractivity contribution in [2.45, 2.75) is 59.0 Å². The van der Waals surface area contributed by atoms with Crippen molar-refractivity contribution >= 4 is 0 Å². The van der Waals surface area contributed by atoms with Crippen LogP contribution in [-0.4, -0.2) is 6.04 Å². The van der Waals surface area contributed by atoms with Gasteiger partial charge in [-0.25, -0.2) is 8.78 Å². The van der Waals surface area contributed by atoms with E-state index in [1.807, 2.05) is 6.92 Å². The maximum Gasteiger partial charge on any atom is 0.128 e. The third-order valence-electron chi connectivity index (χ3n) is 4.30. The number of hydrogen-bond acceptors (Lipinski definition) is 1. The van der Waals surface area contributed by atoms with E-state index in [0.29, 0.717) is 22.9 Å². The van der Waals surface area contributed by atoms with Crippen molar-refractivity contribution in [3.05, 3.63) is 35.4 Å². The van der Waals surface area contributed by atoms with Gasteiger partial charge >= 0.3 is 0 Å². The maximum absolute atomic E-state index is 13.8. The van der Waals surface area contributed by atoms with Gasteiger partial charge in [0.2, 0.25) is 0 Å². The van der Waals surface area contributed by atoms with Crippen LogP contribution in [0, 0.1) is 23.0 Å². The average molecular weight is 281 g/mol. The van der Waals surface area contributed by atoms with Gasteiger partial charge in [0.05, 0.1) is 0 Å². The van der Waals surface area contributed by atoms with Gasteiger partial charge in [-0.2, -0.15) is 0 Å². The van der Waals surface area contributed by atoms with Crippen molar-refractivity contribution in [2.24, 2.45) is 11.3 Å². The van der Waals surface area contributed by atoms with Crippen molar-refractivity contribution < 1.29 is 8.78 Å². The lowest BCUT2D eigenvalue weighted by Gasteiger charge is -2.40. The number of rotatable bonds is 3. The van der Waals surface area contributed by atoms with Gasteiger partial charge < -0.3 is 5.32 Å². The highest BCUT2D eigenvalue weighted by Crippen LogP contribution is 2.39. The zero-order valence-corrected chi connectivity index (χ0v) is 12.8. The summed E-state index contributed by atoms with van der Waals surface area (Å²) in [6, 6.07) is 3.86. The van der Waals surface area contributed by atoms with Gasteiger partial charge in [-0.05, 0) is 55.7 Å². The molecule has 3 heteroatoms. The smallest absolute Gasteiger partial charge is 0.128 e. The second kappa shape index (κ2) is 5.80. The third kappa shape index (κ3) is 3.78. The second-order valence-corrected chi connectivity index (χ2v) is 7.16. The SMILES string of the molecule is CC1CC(NC(C)c2cc(F)ccc2F)CC(C)(C)C1. The van der Waals surface area contributed by atoms with Crippen LogP contribution in [-0.2, 0) is 0 Å². The summed E-state index contributed by atoms with van der Waals surface area (Å²) in [5.74, 6) is -0.0530. The molecule has 1 aromatic rings. The first-order chi connectivity index (χ1) is 9.27. The standard InChI is InChI=1S/C17H25F2N/c1-11-7-14(10-17(3,4)9-11)20-12(2)15-8-13(18)5-6-16(15)19/h5-6,8,11-12,14,20H,7,9-10H2,1-4H3. The van der Waals surface area contributed by atoms with Crippen LogP contribution in [0.1, 0.15) is 58.6 Å². The largest absolute Gasteiger partial charge is 0.307 e. The summed E-state index contributed by atoms with van der Waals surface area (Å²) >= 11 is 0. The first-order valence-electron chi connectivity index (χ1n) is 7.48. The Kier molecular flexibility index (Phi) is 4.48. The van der Waals surface area contributed by atoms with E-state index in [2.05, 4.69) is 26.1 Å². The molecule has 1 saturated carbocycles. The summed E-state index contributed by atoms with van der Waals surface area (Å²) < 4.78 is 27.1. The molecule has 0 aliphatic heterocycles. The van der Waals surface area contributed by atoms with Crippen LogP contribution < -0.4 is 5.32 Å². The third-order valence-corrected chi connectivity index (χ3v) is 4.30. The van der Waals surface area contributed by atoms with Gasteiger partial charge in [-0.1, -0.05) is 20.8 Å². The Morgan fingerprint density at radius 1 is 1.25 bits per heavy atom. The minimum Gasteiger partial charge on any atom is -0.307 e. The summed E-state index contributed by atoms with van der Waals surface area (Å²) in [6.07, 6.45) is 3.41. The fraction of sp³-hybridized carbons (Fsp3) is 0.647. The molecule has 0 heterocycles. The first kappa shape index (κ1) is 15.4. The van der Waals surface area contributed by atoms with Gasteiger partial charge in [0.15, 0.2) is 0 Å². The van der Waals surface area contributed by atoms with E-state index in [9.17, 15) is 8.78 Å². The summed E-state index contributed by atoms with van der Waals surface area (Å²) in [5, 5.41) is 3.48. The molecular formula is C17H25F2N. The Bertz CT molecular complexity index is 470. The highest BCUT2D eigenvalue weighted by atomic mass is 19.1. The van der Waals surface area contributed by atoms with Crippen LogP contribution in [0.3, 0.4) is 0 Å². The molecule has 20 heavy (non-hydrogen) atoms. The topological polar surface area (TPSA) is 12.0 Å². The van der Waals surface area contributed by atoms with Gasteiger partial charge in [0.25, 0.3) is 0 Å². The predicted octanol–water partition coefficient (Wildman–Crippen LogP) is 4.83. The van der Waals surface area contributed by atoms with Crippen molar-refractivity contribution in [1.29, 1.82) is 0 Å². The highest BCUT2D eigenvalue weighted by Gasteiger charge is 2.32. The molecule has 1 aliphatic rings. The molecule has 1 nitrogen and oxygen atoms in total. The molecule has 112 valence electrons. The van der Waals surface area contributed by atoms with E-state index in [4.69, 9.17) is 0 Å². The van der Waals surface area contributed by atoms with Gasteiger partial charge in [-0.3, -0.25) is 0 Å². The molecule has 2 rings (SSSR count). The first-order valence-corrected chi connectivity index (χ1v) is 7.48. The Balaban J connectivity index is 2.07. The molecule has 1 N–H and O–H groups in total. The summed E-state index contributed by atoms with van der Waals surface area (Å²) in [6.45, 7) is 8.74. The Morgan fingerprint density at radius 2 is 1.95 bits per heavy atom. The quantitative estimate of drug-likeness (QED) is 0.836. The second-order valence-electron chi connectivity index (χ2n) is 7.16. The molecule has 0 aromatic heterocycles. The summed E-state index contributed by atoms with van der Waals surface area (Å²) in [7, 11) is 0. The molecule has 1 fully saturated rings. The van der Waals surface area contributed by atoms with Crippen LogP contribution in [0.25, 0.3) is 0 Å². The zero-order valence-electron chi connectivity index (χ0n) is 12.8. The van der Waals surface area contributed by atoms with E-state index in [-0.39, 0.29) is 17.7 Å². The Morgan fingerprint density at radius 3 is 2.60 bits per heavy atom. The molecule has 1 aliphatic carbocycles. The van der Waals surface area contributed by atoms with Crippen molar-refractivity contribution in [3.63, 3.8) is 0 Å². The number of halogens is 2. The Hall–Kier alpha value is -0.960. The van der Waals surface area contributed by atoms with Crippen molar-refractivity contribution in [1.82, 2.24) is 5.32 Å². The van der Waals surface area contributed by atoms with E-state index in [0.717, 1.165) is 18.9 Å². The fourth-order valence-corrected chi connectivity index (χ4v) is 3.76.